The van der Waals surface area contributed by atoms with E-state index in [1.165, 1.54) is 0 Å². The third kappa shape index (κ3) is 2.20. The van der Waals surface area contributed by atoms with E-state index >= 15 is 0 Å². The number of aryl methyl sites for hydroxylation is 2. The molecule has 2 aromatic heterocycles. The molecule has 92 valence electrons. The largest absolute Gasteiger partial charge is 0.460 e. The Morgan fingerprint density at radius 2 is 2.12 bits per heavy atom. The van der Waals surface area contributed by atoms with Crippen molar-refractivity contribution in [2.45, 2.75) is 27.2 Å². The van der Waals surface area contributed by atoms with Gasteiger partial charge in [0.05, 0.1) is 0 Å². The van der Waals surface area contributed by atoms with Crippen LogP contribution >= 0.6 is 0 Å². The smallest absolute Gasteiger partial charge is 0.154 e. The minimum atomic E-state index is 0.538. The number of nitrogens with zero attached hydrogens (tertiary/aromatic N) is 2. The molecule has 0 unspecified atom stereocenters. The molecule has 2 heterocycles. The molecule has 4 nitrogen and oxygen atoms in total. The van der Waals surface area contributed by atoms with E-state index in [4.69, 9.17) is 10.2 Å². The van der Waals surface area contributed by atoms with E-state index in [1.54, 1.807) is 4.68 Å². The Labute approximate surface area is 101 Å². The number of anilines is 1. The first-order valence-corrected chi connectivity index (χ1v) is 5.87. The van der Waals surface area contributed by atoms with Crippen molar-refractivity contribution in [1.82, 2.24) is 9.78 Å². The summed E-state index contributed by atoms with van der Waals surface area (Å²) < 4.78 is 7.34. The van der Waals surface area contributed by atoms with Crippen molar-refractivity contribution in [3.05, 3.63) is 23.5 Å². The highest BCUT2D eigenvalue weighted by molar-refractivity contribution is 5.64. The Morgan fingerprint density at radius 1 is 1.41 bits per heavy atom. The van der Waals surface area contributed by atoms with E-state index in [1.807, 2.05) is 26.1 Å². The fourth-order valence-electron chi connectivity index (χ4n) is 1.95. The summed E-state index contributed by atoms with van der Waals surface area (Å²) >= 11 is 0. The first kappa shape index (κ1) is 11.8. The number of hydrogen-bond donors (Lipinski definition) is 1. The predicted molar refractivity (Wildman–Crippen MR) is 68.6 cm³/mol. The van der Waals surface area contributed by atoms with Gasteiger partial charge in [-0.25, -0.2) is 0 Å². The highest BCUT2D eigenvalue weighted by Crippen LogP contribution is 2.29. The Hall–Kier alpha value is -1.71. The lowest BCUT2D eigenvalue weighted by atomic mass is 10.0. The summed E-state index contributed by atoms with van der Waals surface area (Å²) in [6, 6.07) is 3.89. The molecular weight excluding hydrogens is 214 g/mol. The van der Waals surface area contributed by atoms with E-state index < -0.39 is 0 Å². The Kier molecular flexibility index (Phi) is 2.96. The molecule has 0 atom stereocenters. The summed E-state index contributed by atoms with van der Waals surface area (Å²) in [5, 5.41) is 4.44. The monoisotopic (exact) mass is 233 g/mol. The first-order chi connectivity index (χ1) is 7.99. The van der Waals surface area contributed by atoms with Gasteiger partial charge in [-0.2, -0.15) is 5.10 Å². The van der Waals surface area contributed by atoms with Crippen LogP contribution in [-0.2, 0) is 13.5 Å². The molecule has 0 saturated carbocycles. The van der Waals surface area contributed by atoms with E-state index in [9.17, 15) is 0 Å². The molecule has 0 aromatic carbocycles. The first-order valence-electron chi connectivity index (χ1n) is 5.87. The molecule has 0 radical (unpaired) electrons. The van der Waals surface area contributed by atoms with Crippen LogP contribution in [0.2, 0.25) is 0 Å². The number of hydrogen-bond acceptors (Lipinski definition) is 3. The van der Waals surface area contributed by atoms with E-state index in [0.717, 1.165) is 35.0 Å². The van der Waals surface area contributed by atoms with Gasteiger partial charge in [0.1, 0.15) is 17.3 Å². The van der Waals surface area contributed by atoms with Crippen molar-refractivity contribution in [3.8, 4) is 11.5 Å². The van der Waals surface area contributed by atoms with Crippen LogP contribution in [0.25, 0.3) is 11.5 Å². The van der Waals surface area contributed by atoms with Crippen molar-refractivity contribution >= 4 is 5.82 Å². The van der Waals surface area contributed by atoms with Gasteiger partial charge in [0.2, 0.25) is 0 Å². The minimum Gasteiger partial charge on any atom is -0.460 e. The van der Waals surface area contributed by atoms with Gasteiger partial charge in [-0.1, -0.05) is 13.8 Å². The standard InChI is InChI=1S/C13H19N3O/c1-8(2)7-10-12(15-16(4)13(10)14)11-6-5-9(3)17-11/h5-6,8H,7,14H2,1-4H3. The Balaban J connectivity index is 2.49. The van der Waals surface area contributed by atoms with Crippen LogP contribution in [0.1, 0.15) is 25.2 Å². The van der Waals surface area contributed by atoms with Gasteiger partial charge >= 0.3 is 0 Å². The molecular formula is C13H19N3O. The van der Waals surface area contributed by atoms with Gasteiger partial charge < -0.3 is 10.2 Å². The maximum Gasteiger partial charge on any atom is 0.154 e. The van der Waals surface area contributed by atoms with Crippen molar-refractivity contribution in [1.29, 1.82) is 0 Å². The Morgan fingerprint density at radius 3 is 2.65 bits per heavy atom. The number of rotatable bonds is 3. The molecule has 0 aliphatic heterocycles. The van der Waals surface area contributed by atoms with Crippen molar-refractivity contribution in [2.24, 2.45) is 13.0 Å². The van der Waals surface area contributed by atoms with Crippen LogP contribution in [0.5, 0.6) is 0 Å². The lowest BCUT2D eigenvalue weighted by molar-refractivity contribution is 0.543. The second-order valence-corrected chi connectivity index (χ2v) is 4.84. The zero-order chi connectivity index (χ0) is 12.6. The number of aromatic nitrogens is 2. The molecule has 0 amide bonds. The lowest BCUT2D eigenvalue weighted by Crippen LogP contribution is -2.01. The molecule has 2 aromatic rings. The molecule has 0 aliphatic rings. The van der Waals surface area contributed by atoms with Crippen LogP contribution in [0, 0.1) is 12.8 Å². The van der Waals surface area contributed by atoms with Crippen molar-refractivity contribution in [3.63, 3.8) is 0 Å². The fraction of sp³-hybridized carbons (Fsp3) is 0.462. The normalized spacial score (nSPS) is 11.4. The molecule has 2 N–H and O–H groups in total. The third-order valence-corrected chi connectivity index (χ3v) is 2.78. The molecule has 0 aliphatic carbocycles. The highest BCUT2D eigenvalue weighted by atomic mass is 16.3. The molecule has 17 heavy (non-hydrogen) atoms. The van der Waals surface area contributed by atoms with Gasteiger partial charge in [0.15, 0.2) is 5.76 Å². The van der Waals surface area contributed by atoms with Gasteiger partial charge in [-0.15, -0.1) is 0 Å². The van der Waals surface area contributed by atoms with Gasteiger partial charge in [0, 0.05) is 12.6 Å². The van der Waals surface area contributed by atoms with Crippen molar-refractivity contribution < 1.29 is 4.42 Å². The molecule has 0 spiro atoms. The fourth-order valence-corrected chi connectivity index (χ4v) is 1.95. The molecule has 0 fully saturated rings. The molecule has 0 saturated heterocycles. The van der Waals surface area contributed by atoms with Gasteiger partial charge in [0.25, 0.3) is 0 Å². The number of nitrogen functional groups attached to an aromatic ring is 1. The summed E-state index contributed by atoms with van der Waals surface area (Å²) in [7, 11) is 1.86. The number of furan rings is 1. The molecule has 2 rings (SSSR count). The van der Waals surface area contributed by atoms with Gasteiger partial charge in [-0.05, 0) is 31.4 Å². The zero-order valence-corrected chi connectivity index (χ0v) is 10.8. The summed E-state index contributed by atoms with van der Waals surface area (Å²) in [6.07, 6.45) is 0.911. The van der Waals surface area contributed by atoms with Crippen LogP contribution in [-0.4, -0.2) is 9.78 Å². The second kappa shape index (κ2) is 4.28. The maximum atomic E-state index is 6.05. The van der Waals surface area contributed by atoms with E-state index in [-0.39, 0.29) is 0 Å². The van der Waals surface area contributed by atoms with Crippen LogP contribution in [0.3, 0.4) is 0 Å². The summed E-state index contributed by atoms with van der Waals surface area (Å²) in [5.74, 6) is 2.95. The highest BCUT2D eigenvalue weighted by Gasteiger charge is 2.18. The maximum absolute atomic E-state index is 6.05. The summed E-state index contributed by atoms with van der Waals surface area (Å²) in [4.78, 5) is 0. The third-order valence-electron chi connectivity index (χ3n) is 2.78. The van der Waals surface area contributed by atoms with Crippen LogP contribution in [0.15, 0.2) is 16.5 Å². The van der Waals surface area contributed by atoms with E-state index in [0.29, 0.717) is 5.92 Å². The van der Waals surface area contributed by atoms with Gasteiger partial charge in [-0.3, -0.25) is 4.68 Å². The minimum absolute atomic E-state index is 0.538. The quantitative estimate of drug-likeness (QED) is 0.886. The van der Waals surface area contributed by atoms with Crippen LogP contribution < -0.4 is 5.73 Å². The van der Waals surface area contributed by atoms with Crippen LogP contribution in [0.4, 0.5) is 5.82 Å². The molecule has 4 heteroatoms. The topological polar surface area (TPSA) is 57.0 Å². The molecule has 0 bridgehead atoms. The zero-order valence-electron chi connectivity index (χ0n) is 10.8. The lowest BCUT2D eigenvalue weighted by Gasteiger charge is -2.05. The SMILES string of the molecule is Cc1ccc(-c2nn(C)c(N)c2CC(C)C)o1. The summed E-state index contributed by atoms with van der Waals surface area (Å²) in [5.41, 5.74) is 8.00. The summed E-state index contributed by atoms with van der Waals surface area (Å²) in [6.45, 7) is 6.27. The van der Waals surface area contributed by atoms with E-state index in [2.05, 4.69) is 18.9 Å². The second-order valence-electron chi connectivity index (χ2n) is 4.84. The average Bonchev–Trinajstić information content (AvgIpc) is 2.77. The Bertz CT molecular complexity index is 523. The van der Waals surface area contributed by atoms with Crippen molar-refractivity contribution in [2.75, 3.05) is 5.73 Å². The number of nitrogens with two attached hydrogens (primary N) is 1. The average molecular weight is 233 g/mol. The predicted octanol–water partition coefficient (Wildman–Crippen LogP) is 2.77.